The van der Waals surface area contributed by atoms with Crippen molar-refractivity contribution in [3.63, 3.8) is 0 Å². The predicted octanol–water partition coefficient (Wildman–Crippen LogP) is 1.08. The van der Waals surface area contributed by atoms with Gasteiger partial charge < -0.3 is 15.4 Å². The van der Waals surface area contributed by atoms with Gasteiger partial charge in [0.2, 0.25) is 5.91 Å². The molecule has 2 amide bonds. The molecule has 1 aliphatic carbocycles. The second kappa shape index (κ2) is 6.41. The van der Waals surface area contributed by atoms with Crippen LogP contribution in [0, 0.1) is 13.8 Å². The molecule has 0 aromatic heterocycles. The lowest BCUT2D eigenvalue weighted by atomic mass is 10.1. The van der Waals surface area contributed by atoms with Crippen molar-refractivity contribution in [1.29, 1.82) is 0 Å². The minimum Gasteiger partial charge on any atom is -0.483 e. The molecule has 20 heavy (non-hydrogen) atoms. The average Bonchev–Trinajstić information content (AvgIpc) is 3.21. The van der Waals surface area contributed by atoms with Gasteiger partial charge in [-0.1, -0.05) is 12.1 Å². The topological polar surface area (TPSA) is 67.4 Å². The predicted molar refractivity (Wildman–Crippen MR) is 75.6 cm³/mol. The van der Waals surface area contributed by atoms with Crippen molar-refractivity contribution in [3.8, 4) is 5.75 Å². The molecule has 5 heteroatoms. The molecular weight excluding hydrogens is 256 g/mol. The van der Waals surface area contributed by atoms with E-state index in [4.69, 9.17) is 4.74 Å². The van der Waals surface area contributed by atoms with Gasteiger partial charge in [-0.25, -0.2) is 0 Å². The lowest BCUT2D eigenvalue weighted by Gasteiger charge is -2.10. The van der Waals surface area contributed by atoms with E-state index in [1.54, 1.807) is 0 Å². The van der Waals surface area contributed by atoms with Crippen LogP contribution in [-0.4, -0.2) is 31.0 Å². The molecule has 0 unspecified atom stereocenters. The number of aryl methyl sites for hydroxylation is 2. The van der Waals surface area contributed by atoms with Gasteiger partial charge in [0.05, 0.1) is 6.54 Å². The Morgan fingerprint density at radius 3 is 2.70 bits per heavy atom. The van der Waals surface area contributed by atoms with E-state index in [1.165, 1.54) is 0 Å². The van der Waals surface area contributed by atoms with Gasteiger partial charge >= 0.3 is 0 Å². The molecule has 5 nitrogen and oxygen atoms in total. The number of hydrogen-bond donors (Lipinski definition) is 2. The van der Waals surface area contributed by atoms with E-state index in [0.29, 0.717) is 11.8 Å². The highest BCUT2D eigenvalue weighted by molar-refractivity contribution is 5.85. The zero-order valence-electron chi connectivity index (χ0n) is 11.9. The molecule has 1 fully saturated rings. The smallest absolute Gasteiger partial charge is 0.258 e. The summed E-state index contributed by atoms with van der Waals surface area (Å²) in [7, 11) is 0. The summed E-state index contributed by atoms with van der Waals surface area (Å²) >= 11 is 0. The van der Waals surface area contributed by atoms with Crippen LogP contribution in [0.4, 0.5) is 0 Å². The lowest BCUT2D eigenvalue weighted by molar-refractivity contribution is -0.127. The van der Waals surface area contributed by atoms with E-state index in [0.717, 1.165) is 24.0 Å². The normalized spacial score (nSPS) is 13.7. The Morgan fingerprint density at radius 1 is 1.25 bits per heavy atom. The van der Waals surface area contributed by atoms with Crippen LogP contribution in [0.3, 0.4) is 0 Å². The number of carbonyl (C=O) groups excluding carboxylic acids is 2. The maximum Gasteiger partial charge on any atom is 0.258 e. The van der Waals surface area contributed by atoms with E-state index in [9.17, 15) is 9.59 Å². The van der Waals surface area contributed by atoms with Crippen molar-refractivity contribution in [2.45, 2.75) is 32.7 Å². The number of carbonyl (C=O) groups is 2. The Balaban J connectivity index is 1.71. The molecule has 1 aliphatic rings. The molecule has 0 aliphatic heterocycles. The summed E-state index contributed by atoms with van der Waals surface area (Å²) in [5.41, 5.74) is 2.06. The van der Waals surface area contributed by atoms with Crippen LogP contribution >= 0.6 is 0 Å². The molecule has 0 bridgehead atoms. The van der Waals surface area contributed by atoms with E-state index < -0.39 is 0 Å². The van der Waals surface area contributed by atoms with Gasteiger partial charge in [-0.3, -0.25) is 9.59 Å². The standard InChI is InChI=1S/C15H20N2O3/c1-10-3-4-11(2)13(7-10)20-9-15(19)16-8-14(18)17-12-5-6-12/h3-4,7,12H,5-6,8-9H2,1-2H3,(H,16,19)(H,17,18). The lowest BCUT2D eigenvalue weighted by Crippen LogP contribution is -2.39. The Labute approximate surface area is 118 Å². The number of amides is 2. The molecule has 1 aromatic carbocycles. The molecular formula is C15H20N2O3. The van der Waals surface area contributed by atoms with Gasteiger partial charge in [0, 0.05) is 6.04 Å². The van der Waals surface area contributed by atoms with Crippen molar-refractivity contribution < 1.29 is 14.3 Å². The first kappa shape index (κ1) is 14.4. The van der Waals surface area contributed by atoms with E-state index >= 15 is 0 Å². The first-order chi connectivity index (χ1) is 9.54. The maximum atomic E-state index is 11.6. The monoisotopic (exact) mass is 276 g/mol. The van der Waals surface area contributed by atoms with Crippen molar-refractivity contribution in [2.24, 2.45) is 0 Å². The Hall–Kier alpha value is -2.04. The fourth-order valence-corrected chi connectivity index (χ4v) is 1.74. The first-order valence-electron chi connectivity index (χ1n) is 6.80. The molecule has 0 radical (unpaired) electrons. The molecule has 0 heterocycles. The van der Waals surface area contributed by atoms with Crippen molar-refractivity contribution in [2.75, 3.05) is 13.2 Å². The third-order valence-electron chi connectivity index (χ3n) is 3.09. The second-order valence-corrected chi connectivity index (χ2v) is 5.18. The number of hydrogen-bond acceptors (Lipinski definition) is 3. The number of ether oxygens (including phenoxy) is 1. The molecule has 1 aromatic rings. The largest absolute Gasteiger partial charge is 0.483 e. The molecule has 0 atom stereocenters. The molecule has 2 rings (SSSR count). The van der Waals surface area contributed by atoms with Crippen LogP contribution in [0.5, 0.6) is 5.75 Å². The highest BCUT2D eigenvalue weighted by Gasteiger charge is 2.23. The van der Waals surface area contributed by atoms with Crippen LogP contribution in [0.2, 0.25) is 0 Å². The maximum absolute atomic E-state index is 11.6. The van der Waals surface area contributed by atoms with E-state index in [1.807, 2.05) is 32.0 Å². The summed E-state index contributed by atoms with van der Waals surface area (Å²) in [6, 6.07) is 6.14. The summed E-state index contributed by atoms with van der Waals surface area (Å²) in [6.45, 7) is 3.82. The summed E-state index contributed by atoms with van der Waals surface area (Å²) < 4.78 is 5.46. The quantitative estimate of drug-likeness (QED) is 0.817. The highest BCUT2D eigenvalue weighted by Crippen LogP contribution is 2.19. The van der Waals surface area contributed by atoms with Gasteiger partial charge in [-0.15, -0.1) is 0 Å². The number of benzene rings is 1. The molecule has 1 saturated carbocycles. The summed E-state index contributed by atoms with van der Waals surface area (Å²) in [5.74, 6) is 0.257. The minimum atomic E-state index is -0.295. The van der Waals surface area contributed by atoms with Crippen molar-refractivity contribution >= 4 is 11.8 Å². The van der Waals surface area contributed by atoms with Crippen molar-refractivity contribution in [1.82, 2.24) is 10.6 Å². The number of nitrogens with one attached hydrogen (secondary N) is 2. The summed E-state index contributed by atoms with van der Waals surface area (Å²) in [5, 5.41) is 5.35. The Bertz CT molecular complexity index is 510. The van der Waals surface area contributed by atoms with Gasteiger partial charge in [0.1, 0.15) is 5.75 Å². The molecule has 0 spiro atoms. The third kappa shape index (κ3) is 4.57. The van der Waals surface area contributed by atoms with Crippen LogP contribution in [-0.2, 0) is 9.59 Å². The van der Waals surface area contributed by atoms with Crippen LogP contribution in [0.15, 0.2) is 18.2 Å². The Morgan fingerprint density at radius 2 is 2.00 bits per heavy atom. The van der Waals surface area contributed by atoms with Crippen molar-refractivity contribution in [3.05, 3.63) is 29.3 Å². The van der Waals surface area contributed by atoms with Gasteiger partial charge in [0.25, 0.3) is 5.91 Å². The summed E-state index contributed by atoms with van der Waals surface area (Å²) in [6.07, 6.45) is 2.07. The molecule has 2 N–H and O–H groups in total. The van der Waals surface area contributed by atoms with Crippen LogP contribution in [0.1, 0.15) is 24.0 Å². The fraction of sp³-hybridized carbons (Fsp3) is 0.467. The Kier molecular flexibility index (Phi) is 4.61. The third-order valence-corrected chi connectivity index (χ3v) is 3.09. The van der Waals surface area contributed by atoms with E-state index in [-0.39, 0.29) is 25.0 Å². The first-order valence-corrected chi connectivity index (χ1v) is 6.80. The summed E-state index contributed by atoms with van der Waals surface area (Å²) in [4.78, 5) is 23.0. The average molecular weight is 276 g/mol. The zero-order valence-corrected chi connectivity index (χ0v) is 11.9. The molecule has 108 valence electrons. The highest BCUT2D eigenvalue weighted by atomic mass is 16.5. The minimum absolute atomic E-state index is 0.00545. The van der Waals surface area contributed by atoms with Gasteiger partial charge in [0.15, 0.2) is 6.61 Å². The number of rotatable bonds is 6. The fourth-order valence-electron chi connectivity index (χ4n) is 1.74. The zero-order chi connectivity index (χ0) is 14.5. The van der Waals surface area contributed by atoms with Gasteiger partial charge in [-0.05, 0) is 43.9 Å². The van der Waals surface area contributed by atoms with Gasteiger partial charge in [-0.2, -0.15) is 0 Å². The SMILES string of the molecule is Cc1ccc(C)c(OCC(=O)NCC(=O)NC2CC2)c1. The molecule has 0 saturated heterocycles. The second-order valence-electron chi connectivity index (χ2n) is 5.18. The van der Waals surface area contributed by atoms with Crippen LogP contribution < -0.4 is 15.4 Å². The van der Waals surface area contributed by atoms with Crippen LogP contribution in [0.25, 0.3) is 0 Å². The van der Waals surface area contributed by atoms with E-state index in [2.05, 4.69) is 10.6 Å².